The number of rotatable bonds is 9. The van der Waals surface area contributed by atoms with Crippen LogP contribution in [0.1, 0.15) is 25.3 Å². The number of amides is 2. The number of halogens is 1. The first-order valence-electron chi connectivity index (χ1n) is 10.8. The molecule has 174 valence electrons. The maximum atomic E-state index is 12.7. The van der Waals surface area contributed by atoms with Crippen LogP contribution in [0.4, 0.5) is 10.6 Å². The summed E-state index contributed by atoms with van der Waals surface area (Å²) in [6.07, 6.45) is 1.36. The number of carbonyl (C=O) groups is 2. The average molecular weight is 470 g/mol. The predicted octanol–water partition coefficient (Wildman–Crippen LogP) is 4.67. The Kier molecular flexibility index (Phi) is 8.63. The van der Waals surface area contributed by atoms with Crippen LogP contribution in [0.3, 0.4) is 0 Å². The summed E-state index contributed by atoms with van der Waals surface area (Å²) in [5, 5.41) is 15.0. The van der Waals surface area contributed by atoms with Gasteiger partial charge in [-0.05, 0) is 42.8 Å². The van der Waals surface area contributed by atoms with E-state index in [1.54, 1.807) is 32.3 Å². The molecular formula is C25H28ClN3O4. The molecule has 0 aliphatic heterocycles. The highest BCUT2D eigenvalue weighted by Crippen LogP contribution is 2.18. The summed E-state index contributed by atoms with van der Waals surface area (Å²) in [4.78, 5) is 30.8. The van der Waals surface area contributed by atoms with Crippen LogP contribution in [0.5, 0.6) is 0 Å². The Balaban J connectivity index is 1.56. The lowest BCUT2D eigenvalue weighted by atomic mass is 10.1. The number of ether oxygens (including phenoxy) is 1. The Labute approximate surface area is 198 Å². The number of aryl methyl sites for hydroxylation is 1. The number of hydrogen-bond donors (Lipinski definition) is 2. The van der Waals surface area contributed by atoms with Crippen molar-refractivity contribution in [2.45, 2.75) is 38.3 Å². The lowest BCUT2D eigenvalue weighted by Crippen LogP contribution is -2.42. The second kappa shape index (κ2) is 11.6. The fourth-order valence-electron chi connectivity index (χ4n) is 3.52. The lowest BCUT2D eigenvalue weighted by Gasteiger charge is -2.29. The molecule has 1 heterocycles. The van der Waals surface area contributed by atoms with Crippen molar-refractivity contribution in [3.8, 4) is 0 Å². The zero-order valence-corrected chi connectivity index (χ0v) is 19.5. The third-order valence-electron chi connectivity index (χ3n) is 5.39. The van der Waals surface area contributed by atoms with Crippen LogP contribution in [-0.2, 0) is 16.0 Å². The highest BCUT2D eigenvalue weighted by atomic mass is 35.5. The quantitative estimate of drug-likeness (QED) is 0.475. The van der Waals surface area contributed by atoms with Gasteiger partial charge in [0.15, 0.2) is 0 Å². The Bertz CT molecular complexity index is 1110. The molecule has 0 aliphatic rings. The van der Waals surface area contributed by atoms with E-state index in [9.17, 15) is 14.7 Å². The fraction of sp³-hybridized carbons (Fsp3) is 0.320. The summed E-state index contributed by atoms with van der Waals surface area (Å²) in [6, 6.07) is 16.4. The Morgan fingerprint density at radius 1 is 1.15 bits per heavy atom. The lowest BCUT2D eigenvalue weighted by molar-refractivity contribution is -0.133. The van der Waals surface area contributed by atoms with Gasteiger partial charge in [-0.2, -0.15) is 0 Å². The molecule has 7 nitrogen and oxygen atoms in total. The number of carbonyl (C=O) groups excluding carboxylic acids is 2. The van der Waals surface area contributed by atoms with Crippen LogP contribution in [0.2, 0.25) is 5.02 Å². The second-order valence-electron chi connectivity index (χ2n) is 7.97. The Morgan fingerprint density at radius 2 is 1.85 bits per heavy atom. The molecule has 3 aromatic rings. The van der Waals surface area contributed by atoms with E-state index in [1.165, 1.54) is 4.90 Å². The molecule has 3 rings (SSSR count). The zero-order chi connectivity index (χ0) is 23.8. The molecule has 2 aromatic carbocycles. The number of pyridine rings is 1. The maximum absolute atomic E-state index is 12.7. The van der Waals surface area contributed by atoms with Crippen LogP contribution in [-0.4, -0.2) is 52.8 Å². The van der Waals surface area contributed by atoms with E-state index in [0.29, 0.717) is 17.3 Å². The summed E-state index contributed by atoms with van der Waals surface area (Å²) in [7, 11) is 1.65. The molecule has 0 unspecified atom stereocenters. The molecule has 0 fully saturated rings. The molecule has 2 atom stereocenters. The topological polar surface area (TPSA) is 91.8 Å². The summed E-state index contributed by atoms with van der Waals surface area (Å²) >= 11 is 6.17. The first kappa shape index (κ1) is 24.5. The van der Waals surface area contributed by atoms with E-state index >= 15 is 0 Å². The van der Waals surface area contributed by atoms with E-state index in [-0.39, 0.29) is 25.4 Å². The van der Waals surface area contributed by atoms with Crippen molar-refractivity contribution >= 4 is 40.2 Å². The molecule has 2 N–H and O–H groups in total. The minimum Gasteiger partial charge on any atom is -0.447 e. The number of nitrogens with one attached hydrogen (secondary N) is 1. The summed E-state index contributed by atoms with van der Waals surface area (Å²) in [5.41, 5.74) is 0.895. The van der Waals surface area contributed by atoms with Crippen LogP contribution >= 0.6 is 11.6 Å². The minimum absolute atomic E-state index is 0.0569. The fourth-order valence-corrected chi connectivity index (χ4v) is 3.75. The van der Waals surface area contributed by atoms with Gasteiger partial charge < -0.3 is 14.7 Å². The second-order valence-corrected chi connectivity index (χ2v) is 8.38. The number of aliphatic hydroxyl groups excluding tert-OH is 1. The number of nitrogens with zero attached hydrogens (tertiary/aromatic N) is 2. The van der Waals surface area contributed by atoms with Crippen molar-refractivity contribution in [3.05, 3.63) is 71.4 Å². The van der Waals surface area contributed by atoms with Gasteiger partial charge in [0, 0.05) is 30.1 Å². The molecule has 8 heteroatoms. The largest absolute Gasteiger partial charge is 0.447 e. The first-order valence-corrected chi connectivity index (χ1v) is 11.2. The van der Waals surface area contributed by atoms with Gasteiger partial charge in [-0.1, -0.05) is 54.1 Å². The number of anilines is 1. The monoisotopic (exact) mass is 469 g/mol. The van der Waals surface area contributed by atoms with Gasteiger partial charge in [0.25, 0.3) is 0 Å². The van der Waals surface area contributed by atoms with Crippen LogP contribution < -0.4 is 5.32 Å². The summed E-state index contributed by atoms with van der Waals surface area (Å²) in [5.74, 6) is 0.246. The average Bonchev–Trinajstić information content (AvgIpc) is 2.80. The standard InChI is InChI=1S/C25H28ClN3O4/c1-17(30)13-21(29(2)24(31)12-11-18-7-5-6-10-22(18)26)16-33-25(32)28-23-14-19-8-3-4-9-20(19)15-27-23/h3-10,14-15,17,21,30H,11-13,16H2,1-2H3,(H,27,28,32)/t17-,21-/m0/s1. The number of aromatic nitrogens is 1. The maximum Gasteiger partial charge on any atom is 0.412 e. The predicted molar refractivity (Wildman–Crippen MR) is 129 cm³/mol. The Morgan fingerprint density at radius 3 is 2.58 bits per heavy atom. The molecule has 0 saturated carbocycles. The normalized spacial score (nSPS) is 12.7. The molecule has 0 bridgehead atoms. The van der Waals surface area contributed by atoms with Crippen molar-refractivity contribution in [1.82, 2.24) is 9.88 Å². The van der Waals surface area contributed by atoms with Gasteiger partial charge in [-0.15, -0.1) is 0 Å². The zero-order valence-electron chi connectivity index (χ0n) is 18.7. The molecule has 2 amide bonds. The van der Waals surface area contributed by atoms with Gasteiger partial charge in [0.2, 0.25) is 5.91 Å². The van der Waals surface area contributed by atoms with Gasteiger partial charge in [0.1, 0.15) is 12.4 Å². The highest BCUT2D eigenvalue weighted by Gasteiger charge is 2.23. The van der Waals surface area contributed by atoms with Crippen LogP contribution in [0, 0.1) is 0 Å². The van der Waals surface area contributed by atoms with Gasteiger partial charge in [-0.3, -0.25) is 10.1 Å². The van der Waals surface area contributed by atoms with Crippen molar-refractivity contribution in [1.29, 1.82) is 0 Å². The van der Waals surface area contributed by atoms with Gasteiger partial charge >= 0.3 is 6.09 Å². The van der Waals surface area contributed by atoms with Crippen molar-refractivity contribution < 1.29 is 19.4 Å². The third-order valence-corrected chi connectivity index (χ3v) is 5.76. The summed E-state index contributed by atoms with van der Waals surface area (Å²) in [6.45, 7) is 1.58. The number of fused-ring (bicyclic) bond motifs is 1. The van der Waals surface area contributed by atoms with E-state index in [0.717, 1.165) is 16.3 Å². The van der Waals surface area contributed by atoms with Crippen molar-refractivity contribution in [2.24, 2.45) is 0 Å². The minimum atomic E-state index is -0.676. The van der Waals surface area contributed by atoms with Crippen molar-refractivity contribution in [3.63, 3.8) is 0 Å². The molecule has 33 heavy (non-hydrogen) atoms. The van der Waals surface area contributed by atoms with E-state index in [4.69, 9.17) is 16.3 Å². The highest BCUT2D eigenvalue weighted by molar-refractivity contribution is 6.31. The summed E-state index contributed by atoms with van der Waals surface area (Å²) < 4.78 is 5.36. The molecule has 0 spiro atoms. The molecular weight excluding hydrogens is 442 g/mol. The van der Waals surface area contributed by atoms with E-state index in [1.807, 2.05) is 42.5 Å². The van der Waals surface area contributed by atoms with E-state index in [2.05, 4.69) is 10.3 Å². The molecule has 0 radical (unpaired) electrons. The molecule has 0 saturated heterocycles. The number of likely N-dealkylation sites (N-methyl/N-ethyl adjacent to an activating group) is 1. The third kappa shape index (κ3) is 7.17. The Hall–Kier alpha value is -3.16. The van der Waals surface area contributed by atoms with Gasteiger partial charge in [-0.25, -0.2) is 9.78 Å². The number of hydrogen-bond acceptors (Lipinski definition) is 5. The number of benzene rings is 2. The molecule has 1 aromatic heterocycles. The van der Waals surface area contributed by atoms with Crippen molar-refractivity contribution in [2.75, 3.05) is 19.0 Å². The smallest absolute Gasteiger partial charge is 0.412 e. The number of aliphatic hydroxyl groups is 1. The van der Waals surface area contributed by atoms with Crippen LogP contribution in [0.15, 0.2) is 60.8 Å². The first-order chi connectivity index (χ1) is 15.8. The SMILES string of the molecule is C[C@H](O)C[C@@H](COC(=O)Nc1cc2ccccc2cn1)N(C)C(=O)CCc1ccccc1Cl. The van der Waals surface area contributed by atoms with Gasteiger partial charge in [0.05, 0.1) is 12.1 Å². The van der Waals surface area contributed by atoms with E-state index < -0.39 is 18.2 Å². The van der Waals surface area contributed by atoms with Crippen LogP contribution in [0.25, 0.3) is 10.8 Å². The molecule has 0 aliphatic carbocycles.